The summed E-state index contributed by atoms with van der Waals surface area (Å²) in [5.41, 5.74) is 7.69. The molecular formula is C21H32N6O2. The molecule has 3 aliphatic heterocycles. The summed E-state index contributed by atoms with van der Waals surface area (Å²) in [6, 6.07) is 0. The molecule has 3 aliphatic rings. The number of likely N-dealkylation sites (N-methyl/N-ethyl adjacent to an activating group) is 1. The minimum absolute atomic E-state index is 0.0518. The summed E-state index contributed by atoms with van der Waals surface area (Å²) in [5.74, 6) is 2.09. The summed E-state index contributed by atoms with van der Waals surface area (Å²) >= 11 is 0. The number of primary amides is 1. The normalized spacial score (nSPS) is 23.7. The fourth-order valence-electron chi connectivity index (χ4n) is 4.88. The van der Waals surface area contributed by atoms with E-state index in [1.165, 1.54) is 6.42 Å². The molecule has 4 rings (SSSR count). The number of rotatable bonds is 3. The number of likely N-dealkylation sites (tertiary alicyclic amines) is 1. The van der Waals surface area contributed by atoms with Crippen LogP contribution in [0.25, 0.3) is 0 Å². The predicted octanol–water partition coefficient (Wildman–Crippen LogP) is 0.892. The first-order valence-electron chi connectivity index (χ1n) is 10.8. The van der Waals surface area contributed by atoms with Gasteiger partial charge in [0.1, 0.15) is 11.6 Å². The van der Waals surface area contributed by atoms with Gasteiger partial charge in [0.2, 0.25) is 11.8 Å². The van der Waals surface area contributed by atoms with Gasteiger partial charge >= 0.3 is 0 Å². The van der Waals surface area contributed by atoms with Gasteiger partial charge in [-0.2, -0.15) is 0 Å². The number of hydrogen-bond acceptors (Lipinski definition) is 6. The van der Waals surface area contributed by atoms with Crippen molar-refractivity contribution in [2.45, 2.75) is 51.5 Å². The molecule has 0 aliphatic carbocycles. The second-order valence-corrected chi connectivity index (χ2v) is 8.79. The molecule has 0 radical (unpaired) electrons. The molecule has 8 heteroatoms. The molecule has 2 fully saturated rings. The van der Waals surface area contributed by atoms with E-state index >= 15 is 0 Å². The maximum Gasteiger partial charge on any atom is 0.220 e. The Kier molecular flexibility index (Phi) is 5.72. The van der Waals surface area contributed by atoms with Crippen LogP contribution in [0.4, 0.5) is 5.82 Å². The lowest BCUT2D eigenvalue weighted by molar-refractivity contribution is -0.129. The smallest absolute Gasteiger partial charge is 0.220 e. The van der Waals surface area contributed by atoms with Gasteiger partial charge in [0.25, 0.3) is 0 Å². The minimum atomic E-state index is -0.206. The maximum atomic E-state index is 12.0. The number of amides is 2. The van der Waals surface area contributed by atoms with E-state index in [0.29, 0.717) is 19.0 Å². The molecule has 2 saturated heterocycles. The fourth-order valence-corrected chi connectivity index (χ4v) is 4.88. The standard InChI is InChI=1S/C21H32N6O2/c1-14(28)27-11-7-18-17(13-27)21(26-9-5-15(6-10-26)19(22)29)24-20(23-18)16-4-3-8-25(2)12-16/h15-16H,3-13H2,1-2H3,(H2,22,29)/t16-/m1/s1. The average molecular weight is 401 g/mol. The Balaban J connectivity index is 1.66. The molecule has 1 atom stereocenters. The van der Waals surface area contributed by atoms with Crippen molar-refractivity contribution in [3.05, 3.63) is 17.1 Å². The molecule has 0 aromatic carbocycles. The van der Waals surface area contributed by atoms with Crippen molar-refractivity contribution >= 4 is 17.6 Å². The highest BCUT2D eigenvalue weighted by Gasteiger charge is 2.31. The molecule has 8 nitrogen and oxygen atoms in total. The number of carbonyl (C=O) groups excluding carboxylic acids is 2. The van der Waals surface area contributed by atoms with Crippen LogP contribution in [0, 0.1) is 5.92 Å². The Bertz CT molecular complexity index is 790. The average Bonchev–Trinajstić information content (AvgIpc) is 2.72. The van der Waals surface area contributed by atoms with E-state index in [0.717, 1.165) is 74.8 Å². The van der Waals surface area contributed by atoms with E-state index in [9.17, 15) is 9.59 Å². The van der Waals surface area contributed by atoms with Gasteiger partial charge in [-0.15, -0.1) is 0 Å². The van der Waals surface area contributed by atoms with Crippen LogP contribution in [0.5, 0.6) is 0 Å². The first-order valence-corrected chi connectivity index (χ1v) is 10.8. The van der Waals surface area contributed by atoms with Crippen LogP contribution in [-0.2, 0) is 22.6 Å². The van der Waals surface area contributed by atoms with Gasteiger partial charge in [-0.25, -0.2) is 9.97 Å². The van der Waals surface area contributed by atoms with E-state index in [4.69, 9.17) is 15.7 Å². The van der Waals surface area contributed by atoms with E-state index in [1.807, 2.05) is 4.90 Å². The number of carbonyl (C=O) groups is 2. The van der Waals surface area contributed by atoms with Crippen LogP contribution in [0.15, 0.2) is 0 Å². The Morgan fingerprint density at radius 1 is 1.07 bits per heavy atom. The van der Waals surface area contributed by atoms with Crippen molar-refractivity contribution in [1.29, 1.82) is 0 Å². The zero-order chi connectivity index (χ0) is 20.5. The van der Waals surface area contributed by atoms with Crippen LogP contribution in [0.1, 0.15) is 55.6 Å². The number of piperidine rings is 2. The van der Waals surface area contributed by atoms with Crippen molar-refractivity contribution in [1.82, 2.24) is 19.8 Å². The van der Waals surface area contributed by atoms with Crippen molar-refractivity contribution in [2.24, 2.45) is 11.7 Å². The first-order chi connectivity index (χ1) is 13.9. The zero-order valence-corrected chi connectivity index (χ0v) is 17.6. The molecule has 0 saturated carbocycles. The lowest BCUT2D eigenvalue weighted by Gasteiger charge is -2.37. The van der Waals surface area contributed by atoms with Crippen molar-refractivity contribution < 1.29 is 9.59 Å². The number of nitrogens with two attached hydrogens (primary N) is 1. The molecule has 29 heavy (non-hydrogen) atoms. The summed E-state index contributed by atoms with van der Waals surface area (Å²) in [4.78, 5) is 40.1. The van der Waals surface area contributed by atoms with E-state index in [1.54, 1.807) is 6.92 Å². The van der Waals surface area contributed by atoms with Crippen molar-refractivity contribution in [3.8, 4) is 0 Å². The molecular weight excluding hydrogens is 368 g/mol. The summed E-state index contributed by atoms with van der Waals surface area (Å²) in [6.45, 7) is 6.55. The first kappa shape index (κ1) is 20.1. The predicted molar refractivity (Wildman–Crippen MR) is 110 cm³/mol. The van der Waals surface area contributed by atoms with E-state index < -0.39 is 0 Å². The zero-order valence-electron chi connectivity index (χ0n) is 17.6. The monoisotopic (exact) mass is 400 g/mol. The second-order valence-electron chi connectivity index (χ2n) is 8.79. The molecule has 1 aromatic heterocycles. The van der Waals surface area contributed by atoms with Gasteiger partial charge in [0.15, 0.2) is 0 Å². The van der Waals surface area contributed by atoms with Gasteiger partial charge in [0.05, 0.1) is 12.2 Å². The highest BCUT2D eigenvalue weighted by molar-refractivity contribution is 5.77. The van der Waals surface area contributed by atoms with E-state index in [-0.39, 0.29) is 17.7 Å². The Morgan fingerprint density at radius 2 is 1.83 bits per heavy atom. The van der Waals surface area contributed by atoms with Crippen molar-refractivity contribution in [2.75, 3.05) is 44.7 Å². The highest BCUT2D eigenvalue weighted by Crippen LogP contribution is 2.33. The van der Waals surface area contributed by atoms with Crippen LogP contribution in [0.2, 0.25) is 0 Å². The van der Waals surface area contributed by atoms with Crippen LogP contribution >= 0.6 is 0 Å². The third-order valence-electron chi connectivity index (χ3n) is 6.69. The maximum absolute atomic E-state index is 12.0. The van der Waals surface area contributed by atoms with Gasteiger partial charge in [0, 0.05) is 56.9 Å². The largest absolute Gasteiger partial charge is 0.369 e. The Morgan fingerprint density at radius 3 is 2.48 bits per heavy atom. The third kappa shape index (κ3) is 4.22. The number of hydrogen-bond donors (Lipinski definition) is 1. The van der Waals surface area contributed by atoms with E-state index in [2.05, 4.69) is 16.8 Å². The van der Waals surface area contributed by atoms with Crippen LogP contribution < -0.4 is 10.6 Å². The summed E-state index contributed by atoms with van der Waals surface area (Å²) in [7, 11) is 2.16. The summed E-state index contributed by atoms with van der Waals surface area (Å²) < 4.78 is 0. The van der Waals surface area contributed by atoms with Gasteiger partial charge in [-0.3, -0.25) is 9.59 Å². The van der Waals surface area contributed by atoms with Crippen LogP contribution in [0.3, 0.4) is 0 Å². The summed E-state index contributed by atoms with van der Waals surface area (Å²) in [5, 5.41) is 0. The molecule has 158 valence electrons. The Labute approximate surface area is 172 Å². The molecule has 1 aromatic rings. The summed E-state index contributed by atoms with van der Waals surface area (Å²) in [6.07, 6.45) is 4.57. The fraction of sp³-hybridized carbons (Fsp3) is 0.714. The lowest BCUT2D eigenvalue weighted by Crippen LogP contribution is -2.42. The number of nitrogens with zero attached hydrogens (tertiary/aromatic N) is 5. The molecule has 0 spiro atoms. The van der Waals surface area contributed by atoms with Gasteiger partial charge in [-0.05, 0) is 39.3 Å². The minimum Gasteiger partial charge on any atom is -0.369 e. The van der Waals surface area contributed by atoms with Crippen LogP contribution in [-0.4, -0.2) is 71.4 Å². The lowest BCUT2D eigenvalue weighted by atomic mass is 9.94. The highest BCUT2D eigenvalue weighted by atomic mass is 16.2. The van der Waals surface area contributed by atoms with Gasteiger partial charge in [-0.1, -0.05) is 0 Å². The van der Waals surface area contributed by atoms with Gasteiger partial charge < -0.3 is 20.4 Å². The molecule has 0 bridgehead atoms. The quantitative estimate of drug-likeness (QED) is 0.810. The number of anilines is 1. The molecule has 4 heterocycles. The molecule has 2 amide bonds. The van der Waals surface area contributed by atoms with Crippen molar-refractivity contribution in [3.63, 3.8) is 0 Å². The number of fused-ring (bicyclic) bond motifs is 1. The molecule has 0 unspecified atom stereocenters. The number of aromatic nitrogens is 2. The SMILES string of the molecule is CC(=O)N1CCc2nc([C@@H]3CCCN(C)C3)nc(N3CCC(C(N)=O)CC3)c2C1. The third-order valence-corrected chi connectivity index (χ3v) is 6.69. The molecule has 2 N–H and O–H groups in total. The topological polar surface area (TPSA) is 95.7 Å². The second kappa shape index (κ2) is 8.26. The Hall–Kier alpha value is -2.22.